The second-order valence-corrected chi connectivity index (χ2v) is 4.79. The van der Waals surface area contributed by atoms with Gasteiger partial charge in [-0.2, -0.15) is 5.26 Å². The molecule has 0 aliphatic heterocycles. The van der Waals surface area contributed by atoms with E-state index in [-0.39, 0.29) is 5.02 Å². The molecule has 0 unspecified atom stereocenters. The molecule has 18 heavy (non-hydrogen) atoms. The van der Waals surface area contributed by atoms with E-state index in [0.29, 0.717) is 21.4 Å². The van der Waals surface area contributed by atoms with Crippen molar-refractivity contribution in [2.75, 3.05) is 5.32 Å². The predicted octanol–water partition coefficient (Wildman–Crippen LogP) is 4.86. The number of nitrogens with zero attached hydrogens (tertiary/aromatic N) is 1. The minimum Gasteiger partial charge on any atom is -0.354 e. The molecular weight excluding hydrogens is 319 g/mol. The van der Waals surface area contributed by atoms with E-state index in [2.05, 4.69) is 27.3 Å². The first kappa shape index (κ1) is 12.9. The molecule has 0 amide bonds. The molecule has 2 aromatic carbocycles. The van der Waals surface area contributed by atoms with Crippen LogP contribution in [0.1, 0.15) is 5.56 Å². The highest BCUT2D eigenvalue weighted by atomic mass is 79.9. The lowest BCUT2D eigenvalue weighted by Gasteiger charge is -2.09. The van der Waals surface area contributed by atoms with Crippen molar-refractivity contribution >= 4 is 38.9 Å². The Balaban J connectivity index is 2.37. The van der Waals surface area contributed by atoms with Crippen LogP contribution in [0.25, 0.3) is 0 Å². The maximum absolute atomic E-state index is 13.3. The third kappa shape index (κ3) is 2.63. The van der Waals surface area contributed by atoms with Crippen LogP contribution < -0.4 is 5.32 Å². The third-order valence-electron chi connectivity index (χ3n) is 2.32. The smallest absolute Gasteiger partial charge is 0.143 e. The van der Waals surface area contributed by atoms with E-state index < -0.39 is 5.82 Å². The molecule has 2 nitrogen and oxygen atoms in total. The van der Waals surface area contributed by atoms with Crippen molar-refractivity contribution in [1.82, 2.24) is 0 Å². The first-order valence-electron chi connectivity index (χ1n) is 5.02. The molecule has 0 heterocycles. The van der Waals surface area contributed by atoms with E-state index in [4.69, 9.17) is 16.9 Å². The molecule has 0 bridgehead atoms. The fourth-order valence-electron chi connectivity index (χ4n) is 1.47. The van der Waals surface area contributed by atoms with Gasteiger partial charge in [0.25, 0.3) is 0 Å². The third-order valence-corrected chi connectivity index (χ3v) is 3.29. The predicted molar refractivity (Wildman–Crippen MR) is 73.5 cm³/mol. The van der Waals surface area contributed by atoms with Crippen molar-refractivity contribution in [2.24, 2.45) is 0 Å². The number of nitrogens with one attached hydrogen (secondary N) is 1. The second-order valence-electron chi connectivity index (χ2n) is 3.53. The molecule has 0 saturated heterocycles. The van der Waals surface area contributed by atoms with Gasteiger partial charge in [0.15, 0.2) is 0 Å². The van der Waals surface area contributed by atoms with Crippen molar-refractivity contribution in [3.05, 3.63) is 57.3 Å². The molecular formula is C13H7BrClFN2. The molecule has 0 spiro atoms. The summed E-state index contributed by atoms with van der Waals surface area (Å²) in [6.45, 7) is 0. The van der Waals surface area contributed by atoms with Gasteiger partial charge in [-0.1, -0.05) is 17.7 Å². The van der Waals surface area contributed by atoms with Crippen LogP contribution in [0.5, 0.6) is 0 Å². The zero-order chi connectivity index (χ0) is 13.1. The van der Waals surface area contributed by atoms with Gasteiger partial charge < -0.3 is 5.32 Å². The van der Waals surface area contributed by atoms with Gasteiger partial charge in [0.05, 0.1) is 16.3 Å². The monoisotopic (exact) mass is 324 g/mol. The summed E-state index contributed by atoms with van der Waals surface area (Å²) in [5, 5.41) is 12.1. The summed E-state index contributed by atoms with van der Waals surface area (Å²) in [4.78, 5) is 0. The van der Waals surface area contributed by atoms with Crippen LogP contribution in [0.15, 0.2) is 40.9 Å². The molecule has 5 heteroatoms. The lowest BCUT2D eigenvalue weighted by atomic mass is 10.2. The van der Waals surface area contributed by atoms with Crippen LogP contribution in [0.3, 0.4) is 0 Å². The molecule has 0 fully saturated rings. The minimum atomic E-state index is -0.504. The minimum absolute atomic E-state index is 0.0651. The average Bonchev–Trinajstić information content (AvgIpc) is 2.34. The van der Waals surface area contributed by atoms with Crippen LogP contribution in [0.4, 0.5) is 15.8 Å². The summed E-state index contributed by atoms with van der Waals surface area (Å²) < 4.78 is 14.0. The van der Waals surface area contributed by atoms with Crippen LogP contribution in [-0.2, 0) is 0 Å². The summed E-state index contributed by atoms with van der Waals surface area (Å²) in [6, 6.07) is 11.8. The summed E-state index contributed by atoms with van der Waals surface area (Å²) in [5.74, 6) is -0.504. The molecule has 0 aliphatic carbocycles. The fourth-order valence-corrected chi connectivity index (χ4v) is 2.04. The van der Waals surface area contributed by atoms with E-state index in [1.54, 1.807) is 24.3 Å². The first-order valence-corrected chi connectivity index (χ1v) is 6.19. The van der Waals surface area contributed by atoms with Gasteiger partial charge in [-0.05, 0) is 46.3 Å². The Morgan fingerprint density at radius 1 is 1.28 bits per heavy atom. The number of hydrogen-bond acceptors (Lipinski definition) is 2. The van der Waals surface area contributed by atoms with Crippen molar-refractivity contribution in [1.29, 1.82) is 5.26 Å². The molecule has 2 aromatic rings. The Morgan fingerprint density at radius 3 is 2.72 bits per heavy atom. The second kappa shape index (κ2) is 5.38. The number of hydrogen-bond donors (Lipinski definition) is 1. The van der Waals surface area contributed by atoms with E-state index in [9.17, 15) is 4.39 Å². The van der Waals surface area contributed by atoms with Gasteiger partial charge in [-0.3, -0.25) is 0 Å². The topological polar surface area (TPSA) is 35.8 Å². The first-order chi connectivity index (χ1) is 8.61. The Morgan fingerprint density at radius 2 is 2.06 bits per heavy atom. The van der Waals surface area contributed by atoms with Crippen molar-refractivity contribution in [3.63, 3.8) is 0 Å². The number of nitriles is 1. The zero-order valence-corrected chi connectivity index (χ0v) is 11.4. The normalized spacial score (nSPS) is 9.89. The Labute approximate surface area is 117 Å². The van der Waals surface area contributed by atoms with E-state index in [0.717, 1.165) is 0 Å². The van der Waals surface area contributed by atoms with Crippen molar-refractivity contribution in [2.45, 2.75) is 0 Å². The van der Waals surface area contributed by atoms with Crippen LogP contribution >= 0.6 is 27.5 Å². The Kier molecular flexibility index (Phi) is 3.85. The summed E-state index contributed by atoms with van der Waals surface area (Å²) in [6.07, 6.45) is 0. The fraction of sp³-hybridized carbons (Fsp3) is 0. The van der Waals surface area contributed by atoms with Gasteiger partial charge in [0.1, 0.15) is 11.9 Å². The number of benzene rings is 2. The SMILES string of the molecule is N#Cc1c(Br)cccc1Nc1ccc(Cl)c(F)c1. The number of anilines is 2. The lowest BCUT2D eigenvalue weighted by molar-refractivity contribution is 0.629. The molecule has 2 rings (SSSR count). The van der Waals surface area contributed by atoms with Gasteiger partial charge in [0.2, 0.25) is 0 Å². The molecule has 0 aliphatic rings. The van der Waals surface area contributed by atoms with Crippen LogP contribution in [-0.4, -0.2) is 0 Å². The van der Waals surface area contributed by atoms with Gasteiger partial charge >= 0.3 is 0 Å². The highest BCUT2D eigenvalue weighted by molar-refractivity contribution is 9.10. The molecule has 0 saturated carbocycles. The zero-order valence-electron chi connectivity index (χ0n) is 9.05. The lowest BCUT2D eigenvalue weighted by Crippen LogP contribution is -1.95. The van der Waals surface area contributed by atoms with Gasteiger partial charge in [-0.15, -0.1) is 0 Å². The maximum Gasteiger partial charge on any atom is 0.143 e. The summed E-state index contributed by atoms with van der Waals surface area (Å²) >= 11 is 8.89. The summed E-state index contributed by atoms with van der Waals surface area (Å²) in [5.41, 5.74) is 1.60. The maximum atomic E-state index is 13.3. The quantitative estimate of drug-likeness (QED) is 0.856. The van der Waals surface area contributed by atoms with E-state index in [1.807, 2.05) is 0 Å². The summed E-state index contributed by atoms with van der Waals surface area (Å²) in [7, 11) is 0. The molecule has 0 aromatic heterocycles. The Hall–Kier alpha value is -1.57. The standard InChI is InChI=1S/C13H7BrClFN2/c14-10-2-1-3-13(9(10)7-17)18-8-4-5-11(15)12(16)6-8/h1-6,18H. The van der Waals surface area contributed by atoms with E-state index >= 15 is 0 Å². The molecule has 90 valence electrons. The number of rotatable bonds is 2. The number of halogens is 3. The molecule has 1 N–H and O–H groups in total. The highest BCUT2D eigenvalue weighted by Crippen LogP contribution is 2.28. The largest absolute Gasteiger partial charge is 0.354 e. The highest BCUT2D eigenvalue weighted by Gasteiger charge is 2.07. The van der Waals surface area contributed by atoms with Crippen LogP contribution in [0, 0.1) is 17.1 Å². The molecule has 0 atom stereocenters. The van der Waals surface area contributed by atoms with E-state index in [1.165, 1.54) is 12.1 Å². The van der Waals surface area contributed by atoms with Crippen molar-refractivity contribution in [3.8, 4) is 6.07 Å². The van der Waals surface area contributed by atoms with Crippen molar-refractivity contribution < 1.29 is 4.39 Å². The van der Waals surface area contributed by atoms with Crippen LogP contribution in [0.2, 0.25) is 5.02 Å². The van der Waals surface area contributed by atoms with Gasteiger partial charge in [0, 0.05) is 10.2 Å². The Bertz CT molecular complexity index is 637. The van der Waals surface area contributed by atoms with Gasteiger partial charge in [-0.25, -0.2) is 4.39 Å². The molecule has 0 radical (unpaired) electrons. The average molecular weight is 326 g/mol.